The number of rotatable bonds is 2. The molecule has 0 saturated heterocycles. The van der Waals surface area contributed by atoms with Gasteiger partial charge in [-0.05, 0) is 30.7 Å². The molecule has 0 aliphatic rings. The lowest BCUT2D eigenvalue weighted by molar-refractivity contribution is 0.0997. The topological polar surface area (TPSA) is 72.2 Å². The number of halogens is 1. The number of anilines is 1. The highest BCUT2D eigenvalue weighted by atomic mass is 35.5. The van der Waals surface area contributed by atoms with Crippen LogP contribution in [0, 0.1) is 6.92 Å². The molecule has 2 aromatic heterocycles. The number of para-hydroxylation sites is 1. The maximum atomic E-state index is 12.4. The molecule has 0 radical (unpaired) electrons. The van der Waals surface area contributed by atoms with E-state index in [9.17, 15) is 9.59 Å². The summed E-state index contributed by atoms with van der Waals surface area (Å²) in [7, 11) is 0. The molecule has 0 saturated carbocycles. The maximum absolute atomic E-state index is 12.4. The van der Waals surface area contributed by atoms with Crippen molar-refractivity contribution in [3.8, 4) is 0 Å². The number of aromatic nitrogens is 1. The van der Waals surface area contributed by atoms with E-state index >= 15 is 0 Å². The molecule has 7 heteroatoms. The summed E-state index contributed by atoms with van der Waals surface area (Å²) in [6, 6.07) is 11.6. The molecular formula is C18H11ClN2O3S. The molecule has 0 unspecified atom stereocenters. The van der Waals surface area contributed by atoms with E-state index in [1.165, 1.54) is 17.4 Å². The highest BCUT2D eigenvalue weighted by Crippen LogP contribution is 2.34. The molecule has 0 spiro atoms. The Balaban J connectivity index is 1.72. The number of thiazole rings is 1. The van der Waals surface area contributed by atoms with Crippen LogP contribution in [-0.2, 0) is 0 Å². The molecule has 0 bridgehead atoms. The van der Waals surface area contributed by atoms with Crippen molar-refractivity contribution in [3.63, 3.8) is 0 Å². The van der Waals surface area contributed by atoms with Crippen LogP contribution >= 0.6 is 22.9 Å². The molecule has 0 fully saturated rings. The Labute approximate surface area is 150 Å². The van der Waals surface area contributed by atoms with Crippen LogP contribution in [0.1, 0.15) is 16.1 Å². The van der Waals surface area contributed by atoms with Crippen molar-refractivity contribution in [1.29, 1.82) is 0 Å². The van der Waals surface area contributed by atoms with Gasteiger partial charge >= 0.3 is 0 Å². The number of nitrogens with zero attached hydrogens (tertiary/aromatic N) is 1. The Hall–Kier alpha value is -2.70. The second-order valence-electron chi connectivity index (χ2n) is 5.49. The van der Waals surface area contributed by atoms with E-state index in [1.54, 1.807) is 30.3 Å². The van der Waals surface area contributed by atoms with E-state index in [2.05, 4.69) is 10.3 Å². The predicted molar refractivity (Wildman–Crippen MR) is 99.8 cm³/mol. The number of aryl methyl sites for hydroxylation is 1. The first kappa shape index (κ1) is 15.8. The van der Waals surface area contributed by atoms with Crippen LogP contribution in [0.3, 0.4) is 0 Å². The summed E-state index contributed by atoms with van der Waals surface area (Å²) < 4.78 is 6.34. The van der Waals surface area contributed by atoms with Crippen molar-refractivity contribution in [2.45, 2.75) is 6.92 Å². The fourth-order valence-electron chi connectivity index (χ4n) is 2.53. The van der Waals surface area contributed by atoms with Crippen molar-refractivity contribution in [2.75, 3.05) is 5.32 Å². The highest BCUT2D eigenvalue weighted by Gasteiger charge is 2.16. The lowest BCUT2D eigenvalue weighted by Gasteiger charge is -2.02. The average molecular weight is 371 g/mol. The van der Waals surface area contributed by atoms with Gasteiger partial charge in [0.1, 0.15) is 5.58 Å². The number of hydrogen-bond donors (Lipinski definition) is 1. The molecule has 0 aliphatic heterocycles. The number of nitrogens with one attached hydrogen (secondary N) is 1. The smallest absolute Gasteiger partial charge is 0.293 e. The fraction of sp³-hybridized carbons (Fsp3) is 0.0556. The molecule has 5 nitrogen and oxygen atoms in total. The van der Waals surface area contributed by atoms with Crippen LogP contribution in [0.25, 0.3) is 21.2 Å². The largest absolute Gasteiger partial charge is 0.451 e. The number of amides is 1. The van der Waals surface area contributed by atoms with E-state index in [4.69, 9.17) is 16.0 Å². The second-order valence-corrected chi connectivity index (χ2v) is 6.89. The van der Waals surface area contributed by atoms with E-state index in [-0.39, 0.29) is 11.2 Å². The molecule has 4 rings (SSSR count). The summed E-state index contributed by atoms with van der Waals surface area (Å²) >= 11 is 7.45. The summed E-state index contributed by atoms with van der Waals surface area (Å²) in [6.45, 7) is 1.92. The summed E-state index contributed by atoms with van der Waals surface area (Å²) in [5.74, 6) is -0.596. The Morgan fingerprint density at radius 3 is 2.84 bits per heavy atom. The van der Waals surface area contributed by atoms with Crippen molar-refractivity contribution in [3.05, 3.63) is 69.0 Å². The first-order chi connectivity index (χ1) is 12.0. The molecular weight excluding hydrogens is 360 g/mol. The lowest BCUT2D eigenvalue weighted by Crippen LogP contribution is -2.14. The van der Waals surface area contributed by atoms with Crippen LogP contribution in [0.5, 0.6) is 0 Å². The molecule has 124 valence electrons. The van der Waals surface area contributed by atoms with Crippen LogP contribution in [0.2, 0.25) is 5.02 Å². The van der Waals surface area contributed by atoms with Gasteiger partial charge < -0.3 is 4.42 Å². The SMILES string of the molecule is Cc1ccc(Cl)c2sc(NC(=O)c3cc(=O)c4ccccc4o3)nc12. The monoisotopic (exact) mass is 370 g/mol. The van der Waals surface area contributed by atoms with Gasteiger partial charge in [-0.15, -0.1) is 0 Å². The second kappa shape index (κ2) is 5.98. The summed E-state index contributed by atoms with van der Waals surface area (Å²) in [5, 5.41) is 4.08. The number of hydrogen-bond acceptors (Lipinski definition) is 5. The normalized spacial score (nSPS) is 11.1. The van der Waals surface area contributed by atoms with Gasteiger partial charge in [-0.25, -0.2) is 4.98 Å². The van der Waals surface area contributed by atoms with Gasteiger partial charge in [-0.2, -0.15) is 0 Å². The Morgan fingerprint density at radius 2 is 2.04 bits per heavy atom. The van der Waals surface area contributed by atoms with Gasteiger partial charge in [-0.1, -0.05) is 41.1 Å². The fourth-order valence-corrected chi connectivity index (χ4v) is 3.74. The van der Waals surface area contributed by atoms with Crippen molar-refractivity contribution in [1.82, 2.24) is 4.98 Å². The maximum Gasteiger partial charge on any atom is 0.293 e. The average Bonchev–Trinajstić information content (AvgIpc) is 3.03. The quantitative estimate of drug-likeness (QED) is 0.559. The molecule has 0 atom stereocenters. The van der Waals surface area contributed by atoms with E-state index in [0.29, 0.717) is 21.1 Å². The first-order valence-electron chi connectivity index (χ1n) is 7.43. The molecule has 2 aromatic carbocycles. The molecule has 0 aliphatic carbocycles. The minimum absolute atomic E-state index is 0.0641. The molecule has 1 amide bonds. The summed E-state index contributed by atoms with van der Waals surface area (Å²) in [5.41, 5.74) is 1.81. The Morgan fingerprint density at radius 1 is 1.24 bits per heavy atom. The molecule has 2 heterocycles. The van der Waals surface area contributed by atoms with E-state index < -0.39 is 5.91 Å². The first-order valence-corrected chi connectivity index (χ1v) is 8.62. The van der Waals surface area contributed by atoms with E-state index in [1.807, 2.05) is 13.0 Å². The Kier molecular flexibility index (Phi) is 3.78. The number of fused-ring (bicyclic) bond motifs is 2. The van der Waals surface area contributed by atoms with Gasteiger partial charge in [0.25, 0.3) is 5.91 Å². The van der Waals surface area contributed by atoms with Crippen LogP contribution < -0.4 is 10.7 Å². The summed E-state index contributed by atoms with van der Waals surface area (Å²) in [4.78, 5) is 29.0. The number of carbonyl (C=O) groups is 1. The molecule has 1 N–H and O–H groups in total. The van der Waals surface area contributed by atoms with Gasteiger partial charge in [0.05, 0.1) is 20.6 Å². The third-order valence-corrected chi connectivity index (χ3v) is 5.21. The minimum atomic E-state index is -0.532. The van der Waals surface area contributed by atoms with Gasteiger partial charge in [0, 0.05) is 6.07 Å². The zero-order chi connectivity index (χ0) is 17.6. The zero-order valence-electron chi connectivity index (χ0n) is 13.0. The highest BCUT2D eigenvalue weighted by molar-refractivity contribution is 7.23. The third-order valence-electron chi connectivity index (χ3n) is 3.78. The van der Waals surface area contributed by atoms with Crippen LogP contribution in [-0.4, -0.2) is 10.9 Å². The van der Waals surface area contributed by atoms with Gasteiger partial charge in [0.2, 0.25) is 0 Å². The lowest BCUT2D eigenvalue weighted by atomic mass is 10.2. The van der Waals surface area contributed by atoms with Crippen molar-refractivity contribution in [2.24, 2.45) is 0 Å². The zero-order valence-corrected chi connectivity index (χ0v) is 14.6. The number of benzene rings is 2. The summed E-state index contributed by atoms with van der Waals surface area (Å²) in [6.07, 6.45) is 0. The number of carbonyl (C=O) groups excluding carboxylic acids is 1. The third kappa shape index (κ3) is 2.79. The standard InChI is InChI=1S/C18H11ClN2O3S/c1-9-6-7-11(19)16-15(9)20-18(25-16)21-17(23)14-8-12(22)10-4-2-3-5-13(10)24-14/h2-8H,1H3,(H,20,21,23). The van der Waals surface area contributed by atoms with Gasteiger partial charge in [0.15, 0.2) is 16.3 Å². The van der Waals surface area contributed by atoms with Crippen molar-refractivity contribution >= 4 is 55.2 Å². The van der Waals surface area contributed by atoms with E-state index in [0.717, 1.165) is 15.8 Å². The van der Waals surface area contributed by atoms with Crippen LogP contribution in [0.15, 0.2) is 51.7 Å². The molecule has 25 heavy (non-hydrogen) atoms. The van der Waals surface area contributed by atoms with Gasteiger partial charge in [-0.3, -0.25) is 14.9 Å². The Bertz CT molecular complexity index is 1160. The van der Waals surface area contributed by atoms with Crippen LogP contribution in [0.4, 0.5) is 5.13 Å². The molecule has 4 aromatic rings. The minimum Gasteiger partial charge on any atom is -0.451 e. The van der Waals surface area contributed by atoms with Crippen molar-refractivity contribution < 1.29 is 9.21 Å². The predicted octanol–water partition coefficient (Wildman–Crippen LogP) is 4.62.